The summed E-state index contributed by atoms with van der Waals surface area (Å²) in [7, 11) is 1.61. The van der Waals surface area contributed by atoms with Gasteiger partial charge in [-0.05, 0) is 52.2 Å². The van der Waals surface area contributed by atoms with Gasteiger partial charge in [-0.25, -0.2) is 4.98 Å². The maximum absolute atomic E-state index is 13.2. The Morgan fingerprint density at radius 3 is 2.64 bits per heavy atom. The third-order valence-corrected chi connectivity index (χ3v) is 6.50. The number of piperidine rings is 1. The van der Waals surface area contributed by atoms with E-state index in [1.54, 1.807) is 17.7 Å². The highest BCUT2D eigenvalue weighted by Gasteiger charge is 2.32. The van der Waals surface area contributed by atoms with Crippen LogP contribution in [0.25, 0.3) is 10.9 Å². The van der Waals surface area contributed by atoms with Gasteiger partial charge in [0.2, 0.25) is 5.91 Å². The van der Waals surface area contributed by atoms with Crippen molar-refractivity contribution in [3.8, 4) is 0 Å². The first kappa shape index (κ1) is 20.9. The Hall–Kier alpha value is -1.86. The summed E-state index contributed by atoms with van der Waals surface area (Å²) in [6.07, 6.45) is 3.25. The topological polar surface area (TPSA) is 64.4 Å². The number of para-hydroxylation sites is 1. The van der Waals surface area contributed by atoms with Crippen LogP contribution in [0, 0.1) is 0 Å². The minimum atomic E-state index is -0.315. The number of amides is 1. The molecule has 1 aromatic carbocycles. The van der Waals surface area contributed by atoms with Gasteiger partial charge in [0.05, 0.1) is 29.3 Å². The monoisotopic (exact) mass is 403 g/mol. The number of thioether (sulfide) groups is 1. The quantitative estimate of drug-likeness (QED) is 0.547. The first-order valence-corrected chi connectivity index (χ1v) is 10.8. The average Bonchev–Trinajstić information content (AvgIpc) is 2.67. The zero-order chi connectivity index (χ0) is 20.3. The van der Waals surface area contributed by atoms with Crippen LogP contribution in [0.4, 0.5) is 0 Å². The third-order valence-electron chi connectivity index (χ3n) is 5.42. The van der Waals surface area contributed by atoms with Crippen LogP contribution in [-0.4, -0.2) is 51.4 Å². The van der Waals surface area contributed by atoms with E-state index < -0.39 is 0 Å². The molecule has 0 spiro atoms. The first-order valence-electron chi connectivity index (χ1n) is 9.91. The summed E-state index contributed by atoms with van der Waals surface area (Å²) < 4.78 is 6.80. The summed E-state index contributed by atoms with van der Waals surface area (Å²) >= 11 is 1.36. The Bertz CT molecular complexity index is 888. The van der Waals surface area contributed by atoms with Gasteiger partial charge in [-0.2, -0.15) is 0 Å². The predicted octanol–water partition coefficient (Wildman–Crippen LogP) is 3.31. The van der Waals surface area contributed by atoms with E-state index in [9.17, 15) is 9.59 Å². The minimum absolute atomic E-state index is 0.0930. The highest BCUT2D eigenvalue weighted by molar-refractivity contribution is 8.00. The highest BCUT2D eigenvalue weighted by atomic mass is 32.2. The van der Waals surface area contributed by atoms with Crippen molar-refractivity contribution < 1.29 is 9.53 Å². The highest BCUT2D eigenvalue weighted by Crippen LogP contribution is 2.29. The summed E-state index contributed by atoms with van der Waals surface area (Å²) in [5, 5.41) is 0.837. The van der Waals surface area contributed by atoms with Gasteiger partial charge in [-0.15, -0.1) is 0 Å². The van der Waals surface area contributed by atoms with Gasteiger partial charge >= 0.3 is 0 Å². The number of carbonyl (C=O) groups excluding carboxylic acids is 1. The molecule has 1 aliphatic rings. The normalized spacial score (nSPS) is 21.1. The van der Waals surface area contributed by atoms with Gasteiger partial charge in [-0.3, -0.25) is 14.2 Å². The molecule has 1 amide bonds. The number of hydrogen-bond donors (Lipinski definition) is 0. The van der Waals surface area contributed by atoms with E-state index in [4.69, 9.17) is 9.72 Å². The molecule has 1 saturated heterocycles. The molecule has 1 fully saturated rings. The van der Waals surface area contributed by atoms with Crippen LogP contribution < -0.4 is 5.56 Å². The van der Waals surface area contributed by atoms with Crippen LogP contribution in [0.15, 0.2) is 34.2 Å². The number of benzene rings is 1. The molecule has 0 unspecified atom stereocenters. The smallest absolute Gasteiger partial charge is 0.262 e. The fourth-order valence-electron chi connectivity index (χ4n) is 3.89. The SMILES string of the molecule is COCCn1c(S[C@H](C)C(=O)N2[C@H](C)CCC[C@H]2C)nc2ccccc2c1=O. The van der Waals surface area contributed by atoms with Crippen LogP contribution in [0.5, 0.6) is 0 Å². The molecule has 0 saturated carbocycles. The van der Waals surface area contributed by atoms with E-state index in [0.29, 0.717) is 29.2 Å². The number of fused-ring (bicyclic) bond motifs is 1. The fourth-order valence-corrected chi connectivity index (χ4v) is 4.88. The summed E-state index contributed by atoms with van der Waals surface area (Å²) in [6, 6.07) is 7.83. The summed E-state index contributed by atoms with van der Waals surface area (Å²) in [6.45, 7) is 6.97. The molecular weight excluding hydrogens is 374 g/mol. The Kier molecular flexibility index (Phi) is 6.78. The van der Waals surface area contributed by atoms with Crippen molar-refractivity contribution >= 4 is 28.6 Å². The summed E-state index contributed by atoms with van der Waals surface area (Å²) in [5.74, 6) is 0.116. The van der Waals surface area contributed by atoms with E-state index in [-0.39, 0.29) is 28.8 Å². The average molecular weight is 404 g/mol. The number of hydrogen-bond acceptors (Lipinski definition) is 5. The molecule has 6 nitrogen and oxygen atoms in total. The molecule has 7 heteroatoms. The van der Waals surface area contributed by atoms with E-state index >= 15 is 0 Å². The molecule has 152 valence electrons. The molecule has 3 atom stereocenters. The molecule has 1 aliphatic heterocycles. The van der Waals surface area contributed by atoms with E-state index in [2.05, 4.69) is 13.8 Å². The van der Waals surface area contributed by atoms with E-state index in [1.807, 2.05) is 30.0 Å². The van der Waals surface area contributed by atoms with Gasteiger partial charge < -0.3 is 9.64 Å². The number of rotatable bonds is 6. The van der Waals surface area contributed by atoms with Gasteiger partial charge in [0.25, 0.3) is 5.56 Å². The van der Waals surface area contributed by atoms with Crippen LogP contribution in [-0.2, 0) is 16.1 Å². The minimum Gasteiger partial charge on any atom is -0.383 e. The number of ether oxygens (including phenoxy) is 1. The van der Waals surface area contributed by atoms with Crippen LogP contribution in [0.2, 0.25) is 0 Å². The zero-order valence-electron chi connectivity index (χ0n) is 17.1. The van der Waals surface area contributed by atoms with Crippen LogP contribution >= 0.6 is 11.8 Å². The lowest BCUT2D eigenvalue weighted by atomic mass is 9.97. The van der Waals surface area contributed by atoms with Crippen molar-refractivity contribution in [2.45, 2.75) is 69.1 Å². The third kappa shape index (κ3) is 4.25. The maximum Gasteiger partial charge on any atom is 0.262 e. The standard InChI is InChI=1S/C21H29N3O3S/c1-14-8-7-9-15(2)24(14)19(25)16(3)28-21-22-18-11-6-5-10-17(18)20(26)23(21)12-13-27-4/h5-6,10-11,14-16H,7-9,12-13H2,1-4H3/t14-,15-,16-/m1/s1. The second-order valence-electron chi connectivity index (χ2n) is 7.50. The van der Waals surface area contributed by atoms with Crippen molar-refractivity contribution in [1.29, 1.82) is 0 Å². The van der Waals surface area contributed by atoms with Crippen molar-refractivity contribution in [3.05, 3.63) is 34.6 Å². The van der Waals surface area contributed by atoms with Gasteiger partial charge in [0.15, 0.2) is 5.16 Å². The van der Waals surface area contributed by atoms with Crippen molar-refractivity contribution in [2.75, 3.05) is 13.7 Å². The first-order chi connectivity index (χ1) is 13.4. The lowest BCUT2D eigenvalue weighted by Crippen LogP contribution is -2.50. The molecule has 1 aromatic heterocycles. The molecule has 3 rings (SSSR count). The van der Waals surface area contributed by atoms with Crippen molar-refractivity contribution in [3.63, 3.8) is 0 Å². The molecule has 0 N–H and O–H groups in total. The number of aromatic nitrogens is 2. The van der Waals surface area contributed by atoms with Crippen LogP contribution in [0.1, 0.15) is 40.0 Å². The van der Waals surface area contributed by atoms with E-state index in [0.717, 1.165) is 19.3 Å². The predicted molar refractivity (Wildman–Crippen MR) is 113 cm³/mol. The number of likely N-dealkylation sites (tertiary alicyclic amines) is 1. The Labute approximate surface area is 170 Å². The van der Waals surface area contributed by atoms with Gasteiger partial charge in [0.1, 0.15) is 0 Å². The lowest BCUT2D eigenvalue weighted by molar-refractivity contribution is -0.136. The largest absolute Gasteiger partial charge is 0.383 e. The maximum atomic E-state index is 13.2. The Morgan fingerprint density at radius 2 is 1.96 bits per heavy atom. The van der Waals surface area contributed by atoms with Gasteiger partial charge in [-0.1, -0.05) is 23.9 Å². The van der Waals surface area contributed by atoms with Crippen molar-refractivity contribution in [2.24, 2.45) is 0 Å². The number of nitrogens with zero attached hydrogens (tertiary/aromatic N) is 3. The second kappa shape index (κ2) is 9.09. The van der Waals surface area contributed by atoms with Crippen molar-refractivity contribution in [1.82, 2.24) is 14.5 Å². The van der Waals surface area contributed by atoms with Crippen LogP contribution in [0.3, 0.4) is 0 Å². The number of carbonyl (C=O) groups is 1. The zero-order valence-corrected chi connectivity index (χ0v) is 17.9. The molecule has 0 bridgehead atoms. The molecule has 2 heterocycles. The molecule has 2 aromatic rings. The van der Waals surface area contributed by atoms with Gasteiger partial charge in [0, 0.05) is 19.2 Å². The lowest BCUT2D eigenvalue weighted by Gasteiger charge is -2.40. The summed E-state index contributed by atoms with van der Waals surface area (Å²) in [4.78, 5) is 32.8. The fraction of sp³-hybridized carbons (Fsp3) is 0.571. The molecule has 0 radical (unpaired) electrons. The molecular formula is C21H29N3O3S. The Morgan fingerprint density at radius 1 is 1.29 bits per heavy atom. The second-order valence-corrected chi connectivity index (χ2v) is 8.80. The molecule has 28 heavy (non-hydrogen) atoms. The summed E-state index contributed by atoms with van der Waals surface area (Å²) in [5.41, 5.74) is 0.563. The molecule has 0 aliphatic carbocycles. The number of methoxy groups -OCH3 is 1. The Balaban J connectivity index is 1.91. The van der Waals surface area contributed by atoms with E-state index in [1.165, 1.54) is 11.8 Å².